The van der Waals surface area contributed by atoms with Crippen molar-refractivity contribution < 1.29 is 9.64 Å². The summed E-state index contributed by atoms with van der Waals surface area (Å²) in [6.07, 6.45) is 3.94. The topological polar surface area (TPSA) is 37.7 Å². The highest BCUT2D eigenvalue weighted by Gasteiger charge is 2.26. The molecule has 0 spiro atoms. The standard InChI is InChI=1S/C23H31N3OS/c1-17-7-10-20(15-18(17)2)25-23(28)24-16-22(26-13-5-4-6-14-26)19-8-11-21(27-3)12-9-19/h7-12,15,22H,4-6,13-14,16H2,1-3H3,(H2,24,25,28)/p+1/t22-/m1/s1. The van der Waals surface area contributed by atoms with E-state index in [2.05, 4.69) is 66.9 Å². The molecule has 0 aliphatic carbocycles. The molecule has 1 heterocycles. The van der Waals surface area contributed by atoms with E-state index in [4.69, 9.17) is 17.0 Å². The largest absolute Gasteiger partial charge is 0.497 e. The van der Waals surface area contributed by atoms with Gasteiger partial charge in [0.15, 0.2) is 5.11 Å². The molecule has 5 heteroatoms. The summed E-state index contributed by atoms with van der Waals surface area (Å²) in [5.41, 5.74) is 4.92. The molecule has 1 fully saturated rings. The number of rotatable bonds is 6. The minimum Gasteiger partial charge on any atom is -0.497 e. The maximum Gasteiger partial charge on any atom is 0.171 e. The summed E-state index contributed by atoms with van der Waals surface area (Å²) in [5, 5.41) is 7.47. The number of ether oxygens (including phenoxy) is 1. The van der Waals surface area contributed by atoms with Gasteiger partial charge in [0.05, 0.1) is 26.7 Å². The molecule has 0 unspecified atom stereocenters. The number of nitrogens with one attached hydrogen (secondary N) is 3. The van der Waals surface area contributed by atoms with E-state index in [0.717, 1.165) is 18.0 Å². The number of piperidine rings is 1. The van der Waals surface area contributed by atoms with Crippen molar-refractivity contribution in [2.24, 2.45) is 0 Å². The summed E-state index contributed by atoms with van der Waals surface area (Å²) in [6, 6.07) is 15.2. The van der Waals surface area contributed by atoms with E-state index in [-0.39, 0.29) is 0 Å². The molecular formula is C23H32N3OS+. The fraction of sp³-hybridized carbons (Fsp3) is 0.435. The molecule has 0 saturated carbocycles. The fourth-order valence-corrected chi connectivity index (χ4v) is 4.08. The van der Waals surface area contributed by atoms with Crippen LogP contribution in [0.2, 0.25) is 0 Å². The van der Waals surface area contributed by atoms with Crippen LogP contribution in [0.1, 0.15) is 42.0 Å². The van der Waals surface area contributed by atoms with Gasteiger partial charge in [0.1, 0.15) is 11.8 Å². The van der Waals surface area contributed by atoms with Gasteiger partial charge in [-0.1, -0.05) is 6.07 Å². The van der Waals surface area contributed by atoms with Crippen LogP contribution in [0.15, 0.2) is 42.5 Å². The van der Waals surface area contributed by atoms with E-state index < -0.39 is 0 Å². The minimum absolute atomic E-state index is 0.380. The number of hydrogen-bond acceptors (Lipinski definition) is 2. The van der Waals surface area contributed by atoms with Gasteiger partial charge in [0.25, 0.3) is 0 Å². The molecule has 28 heavy (non-hydrogen) atoms. The second-order valence-electron chi connectivity index (χ2n) is 7.68. The average molecular weight is 399 g/mol. The normalized spacial score (nSPS) is 15.7. The smallest absolute Gasteiger partial charge is 0.171 e. The van der Waals surface area contributed by atoms with Crippen LogP contribution in [0.25, 0.3) is 0 Å². The van der Waals surface area contributed by atoms with Gasteiger partial charge >= 0.3 is 0 Å². The highest BCUT2D eigenvalue weighted by molar-refractivity contribution is 7.80. The van der Waals surface area contributed by atoms with Crippen molar-refractivity contribution in [3.63, 3.8) is 0 Å². The van der Waals surface area contributed by atoms with Gasteiger partial charge in [-0.3, -0.25) is 0 Å². The Labute approximate surface area is 174 Å². The molecule has 2 aromatic rings. The maximum atomic E-state index is 5.57. The van der Waals surface area contributed by atoms with Crippen molar-refractivity contribution in [2.45, 2.75) is 39.2 Å². The molecule has 2 aromatic carbocycles. The maximum absolute atomic E-state index is 5.57. The first-order valence-electron chi connectivity index (χ1n) is 10.2. The lowest BCUT2D eigenvalue weighted by atomic mass is 10.0. The molecule has 0 bridgehead atoms. The Bertz CT molecular complexity index is 785. The molecule has 1 aliphatic heterocycles. The van der Waals surface area contributed by atoms with Crippen molar-refractivity contribution in [3.05, 3.63) is 59.2 Å². The quantitative estimate of drug-likeness (QED) is 0.652. The SMILES string of the molecule is COc1ccc([C@@H](CNC(=S)Nc2ccc(C)c(C)c2)[NH+]2CCCCC2)cc1. The van der Waals surface area contributed by atoms with E-state index in [1.807, 2.05) is 0 Å². The number of likely N-dealkylation sites (tertiary alicyclic amines) is 1. The van der Waals surface area contributed by atoms with Crippen LogP contribution < -0.4 is 20.3 Å². The van der Waals surface area contributed by atoms with E-state index in [1.165, 1.54) is 49.0 Å². The molecule has 3 rings (SSSR count). The van der Waals surface area contributed by atoms with Crippen molar-refractivity contribution in [3.8, 4) is 5.75 Å². The number of quaternary nitrogens is 1. The summed E-state index contributed by atoms with van der Waals surface area (Å²) < 4.78 is 5.32. The van der Waals surface area contributed by atoms with Gasteiger partial charge in [-0.2, -0.15) is 0 Å². The number of benzene rings is 2. The highest BCUT2D eigenvalue weighted by atomic mass is 32.1. The summed E-state index contributed by atoms with van der Waals surface area (Å²) in [4.78, 5) is 1.64. The van der Waals surface area contributed by atoms with Gasteiger partial charge in [-0.15, -0.1) is 0 Å². The van der Waals surface area contributed by atoms with Crippen LogP contribution >= 0.6 is 12.2 Å². The number of thiocarbonyl (C=S) groups is 1. The van der Waals surface area contributed by atoms with Crippen LogP contribution in [-0.2, 0) is 0 Å². The summed E-state index contributed by atoms with van der Waals surface area (Å²) in [7, 11) is 1.71. The number of aryl methyl sites for hydroxylation is 2. The Morgan fingerprint density at radius 1 is 1.04 bits per heavy atom. The van der Waals surface area contributed by atoms with Gasteiger partial charge in [0.2, 0.25) is 0 Å². The molecule has 150 valence electrons. The van der Waals surface area contributed by atoms with Crippen molar-refractivity contribution >= 4 is 23.0 Å². The summed E-state index contributed by atoms with van der Waals surface area (Å²) in [5.74, 6) is 0.899. The van der Waals surface area contributed by atoms with Crippen molar-refractivity contribution in [1.82, 2.24) is 5.32 Å². The second kappa shape index (κ2) is 9.89. The van der Waals surface area contributed by atoms with Crippen LogP contribution in [0.5, 0.6) is 5.75 Å². The minimum atomic E-state index is 0.380. The van der Waals surface area contributed by atoms with Gasteiger partial charge in [0, 0.05) is 11.3 Å². The lowest BCUT2D eigenvalue weighted by molar-refractivity contribution is -0.934. The van der Waals surface area contributed by atoms with Crippen molar-refractivity contribution in [1.29, 1.82) is 0 Å². The Morgan fingerprint density at radius 3 is 2.39 bits per heavy atom. The number of methoxy groups -OCH3 is 1. The zero-order valence-electron chi connectivity index (χ0n) is 17.2. The molecule has 0 amide bonds. The lowest BCUT2D eigenvalue weighted by Crippen LogP contribution is -3.13. The molecule has 1 saturated heterocycles. The molecule has 3 N–H and O–H groups in total. The summed E-state index contributed by atoms with van der Waals surface area (Å²) >= 11 is 5.57. The molecular weight excluding hydrogens is 366 g/mol. The third-order valence-corrected chi connectivity index (χ3v) is 5.98. The first-order chi connectivity index (χ1) is 13.6. The van der Waals surface area contributed by atoms with Crippen molar-refractivity contribution in [2.75, 3.05) is 32.1 Å². The predicted molar refractivity (Wildman–Crippen MR) is 120 cm³/mol. The Hall–Kier alpha value is -2.11. The highest BCUT2D eigenvalue weighted by Crippen LogP contribution is 2.17. The Balaban J connectivity index is 1.66. The third kappa shape index (κ3) is 5.46. The van der Waals surface area contributed by atoms with Crippen LogP contribution in [0.4, 0.5) is 5.69 Å². The fourth-order valence-electron chi connectivity index (χ4n) is 3.88. The zero-order chi connectivity index (χ0) is 19.9. The number of hydrogen-bond donors (Lipinski definition) is 3. The van der Waals surface area contributed by atoms with Crippen LogP contribution in [0, 0.1) is 13.8 Å². The predicted octanol–water partition coefficient (Wildman–Crippen LogP) is 3.41. The second-order valence-corrected chi connectivity index (χ2v) is 8.09. The van der Waals surface area contributed by atoms with Gasteiger partial charge < -0.3 is 20.3 Å². The molecule has 1 aliphatic rings. The van der Waals surface area contributed by atoms with E-state index >= 15 is 0 Å². The molecule has 4 nitrogen and oxygen atoms in total. The monoisotopic (exact) mass is 398 g/mol. The van der Waals surface area contributed by atoms with E-state index in [9.17, 15) is 0 Å². The zero-order valence-corrected chi connectivity index (χ0v) is 18.0. The molecule has 0 aromatic heterocycles. The van der Waals surface area contributed by atoms with Gasteiger partial charge in [-0.05, 0) is 92.9 Å². The molecule has 1 atom stereocenters. The molecule has 0 radical (unpaired) electrons. The van der Waals surface area contributed by atoms with Gasteiger partial charge in [-0.25, -0.2) is 0 Å². The lowest BCUT2D eigenvalue weighted by Gasteiger charge is -2.32. The van der Waals surface area contributed by atoms with E-state index in [0.29, 0.717) is 11.2 Å². The number of anilines is 1. The average Bonchev–Trinajstić information content (AvgIpc) is 2.72. The Morgan fingerprint density at radius 2 is 1.75 bits per heavy atom. The summed E-state index contributed by atoms with van der Waals surface area (Å²) in [6.45, 7) is 7.50. The Kier molecular flexibility index (Phi) is 7.29. The first-order valence-corrected chi connectivity index (χ1v) is 10.6. The van der Waals surface area contributed by atoms with Crippen LogP contribution in [-0.4, -0.2) is 31.9 Å². The first kappa shape index (κ1) is 20.6. The van der Waals surface area contributed by atoms with E-state index in [1.54, 1.807) is 12.0 Å². The third-order valence-electron chi connectivity index (χ3n) is 5.74. The van der Waals surface area contributed by atoms with Crippen LogP contribution in [0.3, 0.4) is 0 Å².